The normalized spacial score (nSPS) is 12.1. The van der Waals surface area contributed by atoms with Gasteiger partial charge in [-0.25, -0.2) is 0 Å². The predicted molar refractivity (Wildman–Crippen MR) is 114 cm³/mol. The monoisotopic (exact) mass is 369 g/mol. The van der Waals surface area contributed by atoms with Gasteiger partial charge in [-0.3, -0.25) is 0 Å². The van der Waals surface area contributed by atoms with Gasteiger partial charge in [0.15, 0.2) is 0 Å². The van der Waals surface area contributed by atoms with Gasteiger partial charge in [0, 0.05) is 11.1 Å². The van der Waals surface area contributed by atoms with E-state index >= 15 is 0 Å². The van der Waals surface area contributed by atoms with Gasteiger partial charge in [0.05, 0.1) is 5.82 Å². The molecule has 2 aromatic rings. The molecule has 1 heterocycles. The number of nitrogens with one attached hydrogen (secondary N) is 1. The number of benzene rings is 1. The molecule has 1 aromatic heterocycles. The van der Waals surface area contributed by atoms with Crippen LogP contribution in [0.4, 0.5) is 5.82 Å². The van der Waals surface area contributed by atoms with E-state index in [4.69, 9.17) is 0 Å². The number of hydrogen-bond donors (Lipinski definition) is 1. The fourth-order valence-corrected chi connectivity index (χ4v) is 13.7. The Bertz CT molecular complexity index is 745. The van der Waals surface area contributed by atoms with Gasteiger partial charge in [-0.05, 0) is 12.0 Å². The molecule has 2 rings (SSSR count). The van der Waals surface area contributed by atoms with Gasteiger partial charge in [-0.1, -0.05) is 83.0 Å². The summed E-state index contributed by atoms with van der Waals surface area (Å²) in [4.78, 5) is 3.53. The van der Waals surface area contributed by atoms with Crippen LogP contribution in [0.1, 0.15) is 24.6 Å². The molecule has 0 radical (unpaired) electrons. The lowest BCUT2D eigenvalue weighted by Gasteiger charge is -2.45. The summed E-state index contributed by atoms with van der Waals surface area (Å²) in [5.41, 5.74) is 4.25. The highest BCUT2D eigenvalue weighted by Gasteiger charge is 2.37. The van der Waals surface area contributed by atoms with Crippen LogP contribution in [0, 0.1) is 11.3 Å². The maximum Gasteiger partial charge on any atom is 0.139 e. The molecule has 1 N–H and O–H groups in total. The average Bonchev–Trinajstić information content (AvgIpc) is 2.84. The first-order chi connectivity index (χ1) is 11.6. The second-order valence-corrected chi connectivity index (χ2v) is 18.6. The van der Waals surface area contributed by atoms with Gasteiger partial charge in [0.2, 0.25) is 0 Å². The van der Waals surface area contributed by atoms with Crippen molar-refractivity contribution in [3.63, 3.8) is 0 Å². The Hall–Kier alpha value is -1.78. The van der Waals surface area contributed by atoms with E-state index in [0.717, 1.165) is 24.0 Å². The largest absolute Gasteiger partial charge is 0.411 e. The summed E-state index contributed by atoms with van der Waals surface area (Å²) in [7, 11) is -3.18. The molecular formula is C20H31N3Si2. The van der Waals surface area contributed by atoms with Crippen LogP contribution in [-0.4, -0.2) is 21.5 Å². The molecule has 0 spiro atoms. The zero-order valence-electron chi connectivity index (χ0n) is 16.7. The highest BCUT2D eigenvalue weighted by atomic mass is 28.4. The molecule has 0 aliphatic heterocycles. The summed E-state index contributed by atoms with van der Waals surface area (Å²) in [5.74, 6) is 1.20. The maximum atomic E-state index is 9.80. The third kappa shape index (κ3) is 4.08. The van der Waals surface area contributed by atoms with Gasteiger partial charge in [-0.2, -0.15) is 5.26 Å². The van der Waals surface area contributed by atoms with E-state index < -0.39 is 16.5 Å². The van der Waals surface area contributed by atoms with E-state index in [1.54, 1.807) is 0 Å². The van der Waals surface area contributed by atoms with E-state index in [-0.39, 0.29) is 0 Å². The topological polar surface area (TPSA) is 42.8 Å². The van der Waals surface area contributed by atoms with Crippen molar-refractivity contribution < 1.29 is 0 Å². The number of aromatic nitrogens is 1. The van der Waals surface area contributed by atoms with Crippen LogP contribution < -0.4 is 4.23 Å². The molecule has 5 heteroatoms. The standard InChI is InChI=1S/C20H31N3Si2/c1-8-12-17-19(16-13-10-9-11-14-16)18(15-21)22-20(17)23(24(2,3)4)25(5,6)7/h9-11,13-14,22H,8,12H2,1-7H3. The number of aromatic amines is 1. The lowest BCUT2D eigenvalue weighted by atomic mass is 9.99. The minimum absolute atomic E-state index is 0.700. The third-order valence-corrected chi connectivity index (χ3v) is 11.5. The maximum absolute atomic E-state index is 9.80. The summed E-state index contributed by atoms with van der Waals surface area (Å²) in [6, 6.07) is 12.8. The van der Waals surface area contributed by atoms with Crippen LogP contribution in [0.2, 0.25) is 39.3 Å². The zero-order valence-corrected chi connectivity index (χ0v) is 18.7. The van der Waals surface area contributed by atoms with Gasteiger partial charge < -0.3 is 9.22 Å². The highest BCUT2D eigenvalue weighted by Crippen LogP contribution is 2.39. The molecule has 0 atom stereocenters. The zero-order chi connectivity index (χ0) is 18.8. The van der Waals surface area contributed by atoms with Crippen molar-refractivity contribution in [2.24, 2.45) is 0 Å². The molecular weight excluding hydrogens is 338 g/mol. The lowest BCUT2D eigenvalue weighted by Crippen LogP contribution is -2.60. The molecule has 0 unspecified atom stereocenters. The van der Waals surface area contributed by atoms with Crippen LogP contribution in [0.15, 0.2) is 30.3 Å². The van der Waals surface area contributed by atoms with E-state index in [1.165, 1.54) is 11.4 Å². The number of hydrogen-bond acceptors (Lipinski definition) is 2. The fraction of sp³-hybridized carbons (Fsp3) is 0.450. The average molecular weight is 370 g/mol. The first kappa shape index (κ1) is 19.5. The van der Waals surface area contributed by atoms with Crippen LogP contribution >= 0.6 is 0 Å². The van der Waals surface area contributed by atoms with Gasteiger partial charge >= 0.3 is 0 Å². The van der Waals surface area contributed by atoms with E-state index in [0.29, 0.717) is 5.69 Å². The molecule has 0 fully saturated rings. The quantitative estimate of drug-likeness (QED) is 0.636. The van der Waals surface area contributed by atoms with Gasteiger partial charge in [0.25, 0.3) is 0 Å². The second-order valence-electron chi connectivity index (χ2n) is 8.61. The third-order valence-electron chi connectivity index (χ3n) is 4.32. The summed E-state index contributed by atoms with van der Waals surface area (Å²) in [6.45, 7) is 16.6. The molecule has 0 amide bonds. The molecule has 0 saturated carbocycles. The van der Waals surface area contributed by atoms with Gasteiger partial charge in [0.1, 0.15) is 28.2 Å². The molecule has 0 saturated heterocycles. The first-order valence-corrected chi connectivity index (χ1v) is 16.0. The Morgan fingerprint density at radius 2 is 1.56 bits per heavy atom. The summed E-state index contributed by atoms with van der Waals surface area (Å²) < 4.78 is 2.69. The minimum Gasteiger partial charge on any atom is -0.411 e. The van der Waals surface area contributed by atoms with Crippen molar-refractivity contribution in [2.45, 2.75) is 59.0 Å². The van der Waals surface area contributed by atoms with E-state index in [1.807, 2.05) is 18.2 Å². The van der Waals surface area contributed by atoms with Crippen LogP contribution in [-0.2, 0) is 6.42 Å². The molecule has 0 bridgehead atoms. The summed E-state index contributed by atoms with van der Waals surface area (Å²) >= 11 is 0. The number of nitriles is 1. The Balaban J connectivity index is 2.79. The summed E-state index contributed by atoms with van der Waals surface area (Å²) in [5, 5.41) is 9.80. The molecule has 1 aromatic carbocycles. The van der Waals surface area contributed by atoms with Crippen LogP contribution in [0.3, 0.4) is 0 Å². The summed E-state index contributed by atoms with van der Waals surface area (Å²) in [6.07, 6.45) is 2.06. The van der Waals surface area contributed by atoms with Crippen molar-refractivity contribution in [1.29, 1.82) is 5.26 Å². The second kappa shape index (κ2) is 7.22. The van der Waals surface area contributed by atoms with Crippen LogP contribution in [0.25, 0.3) is 11.1 Å². The smallest absolute Gasteiger partial charge is 0.139 e. The lowest BCUT2D eigenvalue weighted by molar-refractivity contribution is 0.923. The Labute approximate surface area is 154 Å². The highest BCUT2D eigenvalue weighted by molar-refractivity contribution is 6.99. The molecule has 0 aliphatic carbocycles. The number of anilines is 1. The van der Waals surface area contributed by atoms with E-state index in [9.17, 15) is 5.26 Å². The minimum atomic E-state index is -1.59. The number of nitrogens with zero attached hydrogens (tertiary/aromatic N) is 2. The Morgan fingerprint density at radius 1 is 1.00 bits per heavy atom. The molecule has 25 heavy (non-hydrogen) atoms. The Morgan fingerprint density at radius 3 is 2.00 bits per heavy atom. The first-order valence-electron chi connectivity index (χ1n) is 9.12. The molecule has 134 valence electrons. The van der Waals surface area contributed by atoms with Gasteiger partial charge in [-0.15, -0.1) is 0 Å². The van der Waals surface area contributed by atoms with Crippen molar-refractivity contribution in [3.8, 4) is 17.2 Å². The van der Waals surface area contributed by atoms with Crippen molar-refractivity contribution in [2.75, 3.05) is 4.23 Å². The number of rotatable bonds is 6. The predicted octanol–water partition coefficient (Wildman–Crippen LogP) is 5.98. The fourth-order valence-electron chi connectivity index (χ4n) is 3.89. The van der Waals surface area contributed by atoms with Crippen molar-refractivity contribution in [3.05, 3.63) is 41.6 Å². The SMILES string of the molecule is CCCc1c(N([Si](C)(C)C)[Si](C)(C)C)[nH]c(C#N)c1-c1ccccc1. The molecule has 0 aliphatic rings. The Kier molecular flexibility index (Phi) is 5.65. The van der Waals surface area contributed by atoms with Crippen molar-refractivity contribution in [1.82, 2.24) is 4.98 Å². The molecule has 3 nitrogen and oxygen atoms in total. The van der Waals surface area contributed by atoms with Crippen LogP contribution in [0.5, 0.6) is 0 Å². The van der Waals surface area contributed by atoms with E-state index in [2.05, 4.69) is 73.6 Å². The number of H-pyrrole nitrogens is 1. The van der Waals surface area contributed by atoms with Crippen molar-refractivity contribution >= 4 is 22.3 Å².